The summed E-state index contributed by atoms with van der Waals surface area (Å²) in [6, 6.07) is 0. The van der Waals surface area contributed by atoms with Crippen molar-refractivity contribution in [2.24, 2.45) is 5.41 Å². The fourth-order valence-corrected chi connectivity index (χ4v) is 3.17. The van der Waals surface area contributed by atoms with Crippen LogP contribution in [0.15, 0.2) is 0 Å². The molecule has 0 aromatic heterocycles. The number of rotatable bonds is 1. The molecule has 19 heavy (non-hydrogen) atoms. The average molecular weight is 309 g/mol. The summed E-state index contributed by atoms with van der Waals surface area (Å²) < 4.78 is 0. The van der Waals surface area contributed by atoms with Crippen LogP contribution < -0.4 is 0 Å². The maximum Gasteiger partial charge on any atom is 0.257 e. The molecule has 2 rings (SSSR count). The zero-order valence-electron chi connectivity index (χ0n) is 10.9. The standard InChI is InChI=1S/C12H18Cl2N2O2.CH4/c1-11(2)6-15-8(17)4-5-12(15,3)16(7-11)10(18)9(13)14;/h9H,4-7H2,1-3H3;1H4. The third-order valence-corrected chi connectivity index (χ3v) is 4.27. The molecular weight excluding hydrogens is 287 g/mol. The first-order valence-electron chi connectivity index (χ1n) is 6.07. The molecule has 0 N–H and O–H groups in total. The fraction of sp³-hybridized carbons (Fsp3) is 0.846. The quantitative estimate of drug-likeness (QED) is 0.699. The van der Waals surface area contributed by atoms with Gasteiger partial charge in [0.2, 0.25) is 5.91 Å². The minimum atomic E-state index is -1.08. The highest BCUT2D eigenvalue weighted by atomic mass is 35.5. The fourth-order valence-electron chi connectivity index (χ4n) is 2.93. The molecule has 0 aliphatic carbocycles. The molecule has 4 nitrogen and oxygen atoms in total. The summed E-state index contributed by atoms with van der Waals surface area (Å²) in [5.74, 6) is -0.211. The molecule has 0 aromatic rings. The van der Waals surface area contributed by atoms with Gasteiger partial charge in [-0.3, -0.25) is 9.59 Å². The number of carbonyl (C=O) groups excluding carboxylic acids is 2. The van der Waals surface area contributed by atoms with Crippen molar-refractivity contribution in [2.75, 3.05) is 13.1 Å². The normalized spacial score (nSPS) is 29.3. The highest BCUT2D eigenvalue weighted by molar-refractivity contribution is 6.53. The van der Waals surface area contributed by atoms with E-state index in [1.54, 1.807) is 9.80 Å². The number of hydrogen-bond acceptors (Lipinski definition) is 2. The van der Waals surface area contributed by atoms with E-state index in [2.05, 4.69) is 0 Å². The number of amides is 2. The van der Waals surface area contributed by atoms with Crippen LogP contribution in [0.3, 0.4) is 0 Å². The van der Waals surface area contributed by atoms with E-state index >= 15 is 0 Å². The third-order valence-electron chi connectivity index (χ3n) is 3.90. The first-order valence-corrected chi connectivity index (χ1v) is 6.95. The Labute approximate surface area is 125 Å². The SMILES string of the molecule is C.CC1(C)CN2C(=O)CCC2(C)N(C(=O)C(Cl)Cl)C1. The number of alkyl halides is 2. The Morgan fingerprint density at radius 1 is 1.26 bits per heavy atom. The molecule has 0 bridgehead atoms. The summed E-state index contributed by atoms with van der Waals surface area (Å²) in [7, 11) is 0. The van der Waals surface area contributed by atoms with Crippen LogP contribution in [-0.2, 0) is 9.59 Å². The molecule has 2 aliphatic rings. The molecule has 2 heterocycles. The summed E-state index contributed by atoms with van der Waals surface area (Å²) in [5, 5.41) is 0. The number of fused-ring (bicyclic) bond motifs is 1. The van der Waals surface area contributed by atoms with Gasteiger partial charge in [-0.25, -0.2) is 0 Å². The van der Waals surface area contributed by atoms with Crippen molar-refractivity contribution in [3.05, 3.63) is 0 Å². The Morgan fingerprint density at radius 2 is 1.84 bits per heavy atom. The Balaban J connectivity index is 0.00000180. The minimum absolute atomic E-state index is 0. The Bertz CT molecular complexity index is 398. The zero-order chi connectivity index (χ0) is 13.7. The molecule has 0 saturated carbocycles. The molecule has 2 aliphatic heterocycles. The van der Waals surface area contributed by atoms with Crippen LogP contribution in [0.25, 0.3) is 0 Å². The van der Waals surface area contributed by atoms with E-state index in [-0.39, 0.29) is 24.7 Å². The maximum atomic E-state index is 12.2. The molecular formula is C13H22Cl2N2O2. The van der Waals surface area contributed by atoms with Crippen molar-refractivity contribution in [2.45, 2.75) is 51.5 Å². The van der Waals surface area contributed by atoms with Gasteiger partial charge in [-0.2, -0.15) is 0 Å². The predicted molar refractivity (Wildman–Crippen MR) is 77.1 cm³/mol. The molecule has 2 amide bonds. The van der Waals surface area contributed by atoms with Crippen molar-refractivity contribution in [3.63, 3.8) is 0 Å². The summed E-state index contributed by atoms with van der Waals surface area (Å²) in [5.41, 5.74) is -0.705. The van der Waals surface area contributed by atoms with E-state index in [0.717, 1.165) is 0 Å². The van der Waals surface area contributed by atoms with E-state index in [9.17, 15) is 9.59 Å². The molecule has 1 atom stereocenters. The molecule has 0 spiro atoms. The summed E-state index contributed by atoms with van der Waals surface area (Å²) in [6.07, 6.45) is 1.12. The van der Waals surface area contributed by atoms with Gasteiger partial charge < -0.3 is 9.80 Å². The van der Waals surface area contributed by atoms with Gasteiger partial charge in [0.05, 0.1) is 0 Å². The molecule has 6 heteroatoms. The molecule has 0 radical (unpaired) electrons. The largest absolute Gasteiger partial charge is 0.319 e. The summed E-state index contributed by atoms with van der Waals surface area (Å²) in [4.78, 5) is 26.5. The molecule has 2 saturated heterocycles. The minimum Gasteiger partial charge on any atom is -0.319 e. The zero-order valence-corrected chi connectivity index (χ0v) is 12.4. The van der Waals surface area contributed by atoms with Gasteiger partial charge in [-0.15, -0.1) is 0 Å². The maximum absolute atomic E-state index is 12.2. The lowest BCUT2D eigenvalue weighted by Gasteiger charge is -2.54. The van der Waals surface area contributed by atoms with Crippen LogP contribution in [-0.4, -0.2) is 45.2 Å². The van der Waals surface area contributed by atoms with Crippen LogP contribution in [0.5, 0.6) is 0 Å². The molecule has 1 unspecified atom stereocenters. The lowest BCUT2D eigenvalue weighted by Crippen LogP contribution is -2.67. The lowest BCUT2D eigenvalue weighted by atomic mass is 9.86. The lowest BCUT2D eigenvalue weighted by molar-refractivity contribution is -0.163. The van der Waals surface area contributed by atoms with E-state index in [1.807, 2.05) is 20.8 Å². The van der Waals surface area contributed by atoms with Crippen LogP contribution >= 0.6 is 23.2 Å². The number of halogens is 2. The Morgan fingerprint density at radius 3 is 2.37 bits per heavy atom. The second kappa shape index (κ2) is 5.13. The van der Waals surface area contributed by atoms with Gasteiger partial charge in [0.15, 0.2) is 4.84 Å². The van der Waals surface area contributed by atoms with Gasteiger partial charge in [0, 0.05) is 24.9 Å². The first-order chi connectivity index (χ1) is 8.17. The van der Waals surface area contributed by atoms with E-state index in [4.69, 9.17) is 23.2 Å². The number of hydrogen-bond donors (Lipinski definition) is 0. The monoisotopic (exact) mass is 308 g/mol. The topological polar surface area (TPSA) is 40.6 Å². The molecule has 0 aromatic carbocycles. The highest BCUT2D eigenvalue weighted by Gasteiger charge is 2.54. The van der Waals surface area contributed by atoms with Crippen molar-refractivity contribution in [1.82, 2.24) is 9.80 Å². The molecule has 2 fully saturated rings. The molecule has 110 valence electrons. The van der Waals surface area contributed by atoms with Gasteiger partial charge >= 0.3 is 0 Å². The second-order valence-electron chi connectivity index (χ2n) is 6.09. The van der Waals surface area contributed by atoms with Crippen LogP contribution in [0.2, 0.25) is 0 Å². The Hall–Kier alpha value is -0.480. The van der Waals surface area contributed by atoms with E-state index in [1.165, 1.54) is 0 Å². The predicted octanol–water partition coefficient (Wildman–Crippen LogP) is 2.63. The number of nitrogens with zero attached hydrogens (tertiary/aromatic N) is 2. The van der Waals surface area contributed by atoms with Crippen molar-refractivity contribution < 1.29 is 9.59 Å². The van der Waals surface area contributed by atoms with Gasteiger partial charge in [-0.1, -0.05) is 44.5 Å². The van der Waals surface area contributed by atoms with Crippen LogP contribution in [0.4, 0.5) is 0 Å². The smallest absolute Gasteiger partial charge is 0.257 e. The van der Waals surface area contributed by atoms with Crippen molar-refractivity contribution in [1.29, 1.82) is 0 Å². The van der Waals surface area contributed by atoms with Crippen LogP contribution in [0, 0.1) is 5.41 Å². The average Bonchev–Trinajstić information content (AvgIpc) is 2.54. The number of carbonyl (C=O) groups is 2. The second-order valence-corrected chi connectivity index (χ2v) is 7.18. The Kier molecular flexibility index (Phi) is 4.48. The van der Waals surface area contributed by atoms with Gasteiger partial charge in [0.1, 0.15) is 5.66 Å². The highest BCUT2D eigenvalue weighted by Crippen LogP contribution is 2.42. The van der Waals surface area contributed by atoms with Crippen LogP contribution in [0.1, 0.15) is 41.0 Å². The summed E-state index contributed by atoms with van der Waals surface area (Å²) in [6.45, 7) is 7.23. The van der Waals surface area contributed by atoms with Gasteiger partial charge in [0.25, 0.3) is 5.91 Å². The van der Waals surface area contributed by atoms with Crippen molar-refractivity contribution in [3.8, 4) is 0 Å². The van der Waals surface area contributed by atoms with Gasteiger partial charge in [-0.05, 0) is 13.3 Å². The third kappa shape index (κ3) is 2.70. The van der Waals surface area contributed by atoms with E-state index in [0.29, 0.717) is 25.9 Å². The first kappa shape index (κ1) is 16.6. The van der Waals surface area contributed by atoms with Crippen molar-refractivity contribution >= 4 is 35.0 Å². The summed E-state index contributed by atoms with van der Waals surface area (Å²) >= 11 is 11.4. The van der Waals surface area contributed by atoms with E-state index < -0.39 is 10.5 Å².